The summed E-state index contributed by atoms with van der Waals surface area (Å²) < 4.78 is 0. The third kappa shape index (κ3) is 3.66. The number of anilines is 1. The predicted molar refractivity (Wildman–Crippen MR) is 63.6 cm³/mol. The molecule has 0 aliphatic heterocycles. The van der Waals surface area contributed by atoms with E-state index in [-0.39, 0.29) is 5.91 Å². The molecule has 0 radical (unpaired) electrons. The number of rotatable bonds is 5. The summed E-state index contributed by atoms with van der Waals surface area (Å²) in [6, 6.07) is 0. The van der Waals surface area contributed by atoms with Gasteiger partial charge in [0.05, 0.1) is 0 Å². The Hall–Kier alpha value is -1.36. The largest absolute Gasteiger partial charge is 0.369 e. The van der Waals surface area contributed by atoms with Gasteiger partial charge in [0.25, 0.3) is 0 Å². The molecule has 1 aromatic heterocycles. The van der Waals surface area contributed by atoms with E-state index in [0.29, 0.717) is 30.5 Å². The lowest BCUT2D eigenvalue weighted by atomic mass is 10.3. The number of hydrogen-bond donors (Lipinski definition) is 2. The quantitative estimate of drug-likeness (QED) is 0.766. The van der Waals surface area contributed by atoms with Crippen LogP contribution in [0.4, 0.5) is 5.82 Å². The lowest BCUT2D eigenvalue weighted by Crippen LogP contribution is -2.25. The maximum Gasteiger partial charge on any atom is 0.221 e. The number of carbonyl (C=O) groups excluding carboxylic acids is 1. The zero-order chi connectivity index (χ0) is 12.0. The standard InChI is InChI=1S/C10H15ClN4O/c1-3-12-8(16)4-5-13-10-7(2)9(11)14-6-15-10/h6H,3-5H2,1-2H3,(H,12,16)(H,13,14,15). The molecular weight excluding hydrogens is 228 g/mol. The minimum absolute atomic E-state index is 0.0211. The smallest absolute Gasteiger partial charge is 0.221 e. The molecular formula is C10H15ClN4O. The molecule has 6 heteroatoms. The van der Waals surface area contributed by atoms with Crippen molar-refractivity contribution in [2.45, 2.75) is 20.3 Å². The van der Waals surface area contributed by atoms with E-state index in [9.17, 15) is 4.79 Å². The van der Waals surface area contributed by atoms with Crippen LogP contribution < -0.4 is 10.6 Å². The first-order valence-electron chi connectivity index (χ1n) is 5.12. The number of nitrogens with zero attached hydrogens (tertiary/aromatic N) is 2. The molecule has 0 unspecified atom stereocenters. The van der Waals surface area contributed by atoms with Crippen LogP contribution in [0.2, 0.25) is 5.15 Å². The molecule has 0 saturated heterocycles. The molecule has 0 aliphatic rings. The van der Waals surface area contributed by atoms with Gasteiger partial charge < -0.3 is 10.6 Å². The van der Waals surface area contributed by atoms with E-state index in [4.69, 9.17) is 11.6 Å². The monoisotopic (exact) mass is 242 g/mol. The lowest BCUT2D eigenvalue weighted by molar-refractivity contribution is -0.120. The van der Waals surface area contributed by atoms with Gasteiger partial charge in [-0.2, -0.15) is 0 Å². The molecule has 0 fully saturated rings. The summed E-state index contributed by atoms with van der Waals surface area (Å²) in [6.45, 7) is 4.90. The third-order valence-corrected chi connectivity index (χ3v) is 2.42. The topological polar surface area (TPSA) is 66.9 Å². The maximum atomic E-state index is 11.2. The van der Waals surface area contributed by atoms with Crippen LogP contribution in [0.5, 0.6) is 0 Å². The van der Waals surface area contributed by atoms with E-state index >= 15 is 0 Å². The first-order valence-corrected chi connectivity index (χ1v) is 5.50. The molecule has 0 atom stereocenters. The number of carbonyl (C=O) groups is 1. The second kappa shape index (κ2) is 6.27. The Labute approximate surface area is 99.6 Å². The molecule has 0 aromatic carbocycles. The SMILES string of the molecule is CCNC(=O)CCNc1ncnc(Cl)c1C. The zero-order valence-electron chi connectivity index (χ0n) is 9.38. The fraction of sp³-hybridized carbons (Fsp3) is 0.500. The van der Waals surface area contributed by atoms with Gasteiger partial charge in [-0.05, 0) is 13.8 Å². The van der Waals surface area contributed by atoms with Gasteiger partial charge in [-0.25, -0.2) is 9.97 Å². The maximum absolute atomic E-state index is 11.2. The molecule has 0 spiro atoms. The van der Waals surface area contributed by atoms with Crippen molar-refractivity contribution >= 4 is 23.3 Å². The van der Waals surface area contributed by atoms with Crippen LogP contribution in [0.1, 0.15) is 18.9 Å². The summed E-state index contributed by atoms with van der Waals surface area (Å²) in [5, 5.41) is 6.19. The molecule has 16 heavy (non-hydrogen) atoms. The Balaban J connectivity index is 2.43. The molecule has 0 saturated carbocycles. The van der Waals surface area contributed by atoms with Gasteiger partial charge in [-0.1, -0.05) is 11.6 Å². The fourth-order valence-electron chi connectivity index (χ4n) is 1.19. The Bertz CT molecular complexity index is 370. The molecule has 0 aliphatic carbocycles. The van der Waals surface area contributed by atoms with Crippen LogP contribution in [0.25, 0.3) is 0 Å². The number of amides is 1. The van der Waals surface area contributed by atoms with Crippen molar-refractivity contribution in [1.82, 2.24) is 15.3 Å². The van der Waals surface area contributed by atoms with Crippen molar-refractivity contribution in [2.75, 3.05) is 18.4 Å². The lowest BCUT2D eigenvalue weighted by Gasteiger charge is -2.08. The molecule has 5 nitrogen and oxygen atoms in total. The van der Waals surface area contributed by atoms with Crippen molar-refractivity contribution in [3.63, 3.8) is 0 Å². The van der Waals surface area contributed by atoms with Gasteiger partial charge in [-0.15, -0.1) is 0 Å². The highest BCUT2D eigenvalue weighted by Gasteiger charge is 2.05. The van der Waals surface area contributed by atoms with Gasteiger partial charge in [0.1, 0.15) is 17.3 Å². The molecule has 2 N–H and O–H groups in total. The van der Waals surface area contributed by atoms with Gasteiger partial charge in [0, 0.05) is 25.1 Å². The van der Waals surface area contributed by atoms with Crippen molar-refractivity contribution in [1.29, 1.82) is 0 Å². The van der Waals surface area contributed by atoms with Gasteiger partial charge in [0.15, 0.2) is 0 Å². The van der Waals surface area contributed by atoms with E-state index in [2.05, 4.69) is 20.6 Å². The molecule has 1 aromatic rings. The van der Waals surface area contributed by atoms with E-state index < -0.39 is 0 Å². The average Bonchev–Trinajstić information content (AvgIpc) is 2.25. The highest BCUT2D eigenvalue weighted by Crippen LogP contribution is 2.17. The number of nitrogens with one attached hydrogen (secondary N) is 2. The molecule has 1 heterocycles. The molecule has 1 rings (SSSR count). The summed E-state index contributed by atoms with van der Waals surface area (Å²) in [7, 11) is 0. The highest BCUT2D eigenvalue weighted by molar-refractivity contribution is 6.30. The summed E-state index contributed by atoms with van der Waals surface area (Å²) in [4.78, 5) is 19.1. The van der Waals surface area contributed by atoms with Crippen LogP contribution in [-0.2, 0) is 4.79 Å². The summed E-state index contributed by atoms with van der Waals surface area (Å²) in [6.07, 6.45) is 1.80. The van der Waals surface area contributed by atoms with E-state index in [1.165, 1.54) is 6.33 Å². The third-order valence-electron chi connectivity index (χ3n) is 2.04. The van der Waals surface area contributed by atoms with E-state index in [1.54, 1.807) is 0 Å². The Morgan fingerprint density at radius 1 is 1.50 bits per heavy atom. The fourth-order valence-corrected chi connectivity index (χ4v) is 1.32. The van der Waals surface area contributed by atoms with Crippen molar-refractivity contribution in [3.05, 3.63) is 17.0 Å². The van der Waals surface area contributed by atoms with Crippen LogP contribution in [0.15, 0.2) is 6.33 Å². The summed E-state index contributed by atoms with van der Waals surface area (Å²) in [5.74, 6) is 0.692. The molecule has 1 amide bonds. The number of aromatic nitrogens is 2. The normalized spacial score (nSPS) is 9.94. The Kier molecular flexibility index (Phi) is 4.98. The number of hydrogen-bond acceptors (Lipinski definition) is 4. The van der Waals surface area contributed by atoms with Crippen molar-refractivity contribution in [2.24, 2.45) is 0 Å². The van der Waals surface area contributed by atoms with Gasteiger partial charge in [0.2, 0.25) is 5.91 Å². The van der Waals surface area contributed by atoms with Crippen LogP contribution in [0.3, 0.4) is 0 Å². The van der Waals surface area contributed by atoms with Crippen LogP contribution in [-0.4, -0.2) is 29.0 Å². The minimum atomic E-state index is 0.0211. The minimum Gasteiger partial charge on any atom is -0.369 e. The average molecular weight is 243 g/mol. The highest BCUT2D eigenvalue weighted by atomic mass is 35.5. The molecule has 0 bridgehead atoms. The van der Waals surface area contributed by atoms with E-state index in [1.807, 2.05) is 13.8 Å². The van der Waals surface area contributed by atoms with Gasteiger partial charge in [-0.3, -0.25) is 4.79 Å². The van der Waals surface area contributed by atoms with Crippen molar-refractivity contribution in [3.8, 4) is 0 Å². The predicted octanol–water partition coefficient (Wildman–Crippen LogP) is 1.38. The summed E-state index contributed by atoms with van der Waals surface area (Å²) >= 11 is 5.83. The summed E-state index contributed by atoms with van der Waals surface area (Å²) in [5.41, 5.74) is 0.792. The zero-order valence-corrected chi connectivity index (χ0v) is 10.1. The van der Waals surface area contributed by atoms with Crippen molar-refractivity contribution < 1.29 is 4.79 Å². The second-order valence-corrected chi connectivity index (χ2v) is 3.63. The van der Waals surface area contributed by atoms with Crippen LogP contribution >= 0.6 is 11.6 Å². The first kappa shape index (κ1) is 12.7. The van der Waals surface area contributed by atoms with Gasteiger partial charge >= 0.3 is 0 Å². The van der Waals surface area contributed by atoms with E-state index in [0.717, 1.165) is 5.56 Å². The Morgan fingerprint density at radius 2 is 2.25 bits per heavy atom. The first-order chi connectivity index (χ1) is 7.65. The Morgan fingerprint density at radius 3 is 2.94 bits per heavy atom. The van der Waals surface area contributed by atoms with Crippen LogP contribution in [0, 0.1) is 6.92 Å². The molecule has 88 valence electrons. The number of halogens is 1. The second-order valence-electron chi connectivity index (χ2n) is 3.27.